The lowest BCUT2D eigenvalue weighted by Gasteiger charge is -2.36. The molecule has 0 heterocycles. The molecule has 1 aliphatic carbocycles. The van der Waals surface area contributed by atoms with E-state index in [-0.39, 0.29) is 18.8 Å². The fourth-order valence-electron chi connectivity index (χ4n) is 2.66. The van der Waals surface area contributed by atoms with Gasteiger partial charge in [0.05, 0.1) is 0 Å². The smallest absolute Gasteiger partial charge is 0.341 e. The van der Waals surface area contributed by atoms with Gasteiger partial charge >= 0.3 is 5.97 Å². The van der Waals surface area contributed by atoms with Gasteiger partial charge in [-0.05, 0) is 37.2 Å². The van der Waals surface area contributed by atoms with E-state index in [1.165, 1.54) is 5.56 Å². The quantitative estimate of drug-likeness (QED) is 0.869. The van der Waals surface area contributed by atoms with Gasteiger partial charge in [-0.1, -0.05) is 30.3 Å². The lowest BCUT2D eigenvalue weighted by atomic mass is 9.74. The summed E-state index contributed by atoms with van der Waals surface area (Å²) < 4.78 is 13.5. The number of halogens is 1. The van der Waals surface area contributed by atoms with Crippen molar-refractivity contribution < 1.29 is 19.4 Å². The molecule has 2 rings (SSSR count). The molecule has 0 radical (unpaired) electrons. The summed E-state index contributed by atoms with van der Waals surface area (Å²) in [6, 6.07) is 9.86. The van der Waals surface area contributed by atoms with Crippen LogP contribution in [-0.2, 0) is 4.79 Å². The Morgan fingerprint density at radius 2 is 1.83 bits per heavy atom. The molecule has 0 aliphatic heterocycles. The molecule has 2 N–H and O–H groups in total. The van der Waals surface area contributed by atoms with E-state index in [2.05, 4.69) is 0 Å². The molecule has 0 amide bonds. The maximum atomic E-state index is 13.5. The standard InChI is InChI=1S/C14H17FO3/c15-12(13(16)17)14(18)8-6-11(7-9-14)10-4-2-1-3-5-10/h1-5,11-12,18H,6-9H2,(H,16,17). The number of rotatable bonds is 3. The first kappa shape index (κ1) is 13.0. The summed E-state index contributed by atoms with van der Waals surface area (Å²) in [7, 11) is 0. The second kappa shape index (κ2) is 5.06. The first-order chi connectivity index (χ1) is 8.53. The van der Waals surface area contributed by atoms with Crippen LogP contribution in [0.2, 0.25) is 0 Å². The van der Waals surface area contributed by atoms with Gasteiger partial charge in [-0.3, -0.25) is 0 Å². The number of carboxylic acids is 1. The van der Waals surface area contributed by atoms with E-state index in [1.807, 2.05) is 30.3 Å². The summed E-state index contributed by atoms with van der Waals surface area (Å²) in [6.45, 7) is 0. The van der Waals surface area contributed by atoms with Crippen molar-refractivity contribution in [3.63, 3.8) is 0 Å². The van der Waals surface area contributed by atoms with Crippen LogP contribution in [0.25, 0.3) is 0 Å². The molecular weight excluding hydrogens is 235 g/mol. The zero-order valence-corrected chi connectivity index (χ0v) is 10.1. The van der Waals surface area contributed by atoms with Gasteiger partial charge in [-0.15, -0.1) is 0 Å². The minimum atomic E-state index is -2.19. The molecule has 1 aromatic carbocycles. The molecule has 18 heavy (non-hydrogen) atoms. The van der Waals surface area contributed by atoms with Crippen molar-refractivity contribution in [1.82, 2.24) is 0 Å². The van der Waals surface area contributed by atoms with Crippen LogP contribution in [0, 0.1) is 0 Å². The Balaban J connectivity index is 2.02. The highest BCUT2D eigenvalue weighted by atomic mass is 19.1. The lowest BCUT2D eigenvalue weighted by molar-refractivity contribution is -0.157. The minimum absolute atomic E-state index is 0.194. The van der Waals surface area contributed by atoms with Gasteiger partial charge in [-0.2, -0.15) is 0 Å². The monoisotopic (exact) mass is 252 g/mol. The third-order valence-corrected chi connectivity index (χ3v) is 3.81. The minimum Gasteiger partial charge on any atom is -0.479 e. The molecule has 1 aromatic rings. The number of carbonyl (C=O) groups is 1. The molecule has 3 nitrogen and oxygen atoms in total. The summed E-state index contributed by atoms with van der Waals surface area (Å²) in [4.78, 5) is 10.6. The number of hydrogen-bond donors (Lipinski definition) is 2. The van der Waals surface area contributed by atoms with Crippen LogP contribution in [0.15, 0.2) is 30.3 Å². The van der Waals surface area contributed by atoms with Crippen molar-refractivity contribution >= 4 is 5.97 Å². The fraction of sp³-hybridized carbons (Fsp3) is 0.500. The highest BCUT2D eigenvalue weighted by Crippen LogP contribution is 2.40. The van der Waals surface area contributed by atoms with Gasteiger partial charge in [0.25, 0.3) is 0 Å². The first-order valence-electron chi connectivity index (χ1n) is 6.17. The molecule has 1 atom stereocenters. The molecule has 1 fully saturated rings. The van der Waals surface area contributed by atoms with Crippen molar-refractivity contribution in [3.8, 4) is 0 Å². The van der Waals surface area contributed by atoms with Gasteiger partial charge in [-0.25, -0.2) is 9.18 Å². The summed E-state index contributed by atoms with van der Waals surface area (Å²) in [5, 5.41) is 18.7. The molecule has 0 aromatic heterocycles. The Bertz CT molecular complexity index is 410. The summed E-state index contributed by atoms with van der Waals surface area (Å²) >= 11 is 0. The van der Waals surface area contributed by atoms with Crippen LogP contribution in [0.3, 0.4) is 0 Å². The van der Waals surface area contributed by atoms with Crippen molar-refractivity contribution in [2.45, 2.75) is 43.4 Å². The maximum absolute atomic E-state index is 13.5. The van der Waals surface area contributed by atoms with Gasteiger partial charge in [0.15, 0.2) is 0 Å². The molecule has 1 aliphatic rings. The topological polar surface area (TPSA) is 57.5 Å². The molecule has 4 heteroatoms. The highest BCUT2D eigenvalue weighted by molar-refractivity contribution is 5.73. The molecule has 98 valence electrons. The number of aliphatic hydroxyl groups is 1. The lowest BCUT2D eigenvalue weighted by Crippen LogP contribution is -2.46. The van der Waals surface area contributed by atoms with E-state index >= 15 is 0 Å². The third kappa shape index (κ3) is 2.53. The Hall–Kier alpha value is -1.42. The second-order valence-electron chi connectivity index (χ2n) is 4.99. The first-order valence-corrected chi connectivity index (χ1v) is 6.17. The van der Waals surface area contributed by atoms with Gasteiger partial charge in [0.2, 0.25) is 6.17 Å². The molecule has 0 spiro atoms. The highest BCUT2D eigenvalue weighted by Gasteiger charge is 2.44. The van der Waals surface area contributed by atoms with Gasteiger partial charge in [0.1, 0.15) is 5.60 Å². The number of alkyl halides is 1. The Kier molecular flexibility index (Phi) is 3.66. The van der Waals surface area contributed by atoms with Gasteiger partial charge in [0, 0.05) is 0 Å². The second-order valence-corrected chi connectivity index (χ2v) is 4.99. The van der Waals surface area contributed by atoms with E-state index in [0.717, 1.165) is 0 Å². The number of carboxylic acid groups (broad SMARTS) is 1. The van der Waals surface area contributed by atoms with Crippen LogP contribution in [-0.4, -0.2) is 28.0 Å². The normalized spacial score (nSPS) is 29.8. The van der Waals surface area contributed by atoms with E-state index in [4.69, 9.17) is 5.11 Å². The predicted molar refractivity (Wildman–Crippen MR) is 65.1 cm³/mol. The average Bonchev–Trinajstić information content (AvgIpc) is 2.39. The van der Waals surface area contributed by atoms with Crippen LogP contribution >= 0.6 is 0 Å². The van der Waals surface area contributed by atoms with E-state index in [9.17, 15) is 14.3 Å². The molecule has 0 bridgehead atoms. The predicted octanol–water partition coefficient (Wildman–Crippen LogP) is 2.50. The van der Waals surface area contributed by atoms with Crippen molar-refractivity contribution in [2.75, 3.05) is 0 Å². The Morgan fingerprint density at radius 1 is 1.28 bits per heavy atom. The molecule has 1 unspecified atom stereocenters. The third-order valence-electron chi connectivity index (χ3n) is 3.81. The van der Waals surface area contributed by atoms with Gasteiger partial charge < -0.3 is 10.2 Å². The van der Waals surface area contributed by atoms with Crippen molar-refractivity contribution in [2.24, 2.45) is 0 Å². The zero-order valence-electron chi connectivity index (χ0n) is 10.1. The Morgan fingerprint density at radius 3 is 2.33 bits per heavy atom. The number of benzene rings is 1. The summed E-state index contributed by atoms with van der Waals surface area (Å²) in [6.07, 6.45) is -0.558. The SMILES string of the molecule is O=C(O)C(F)C1(O)CCC(c2ccccc2)CC1. The average molecular weight is 252 g/mol. The Labute approximate surface area is 105 Å². The summed E-state index contributed by atoms with van der Waals surface area (Å²) in [5.41, 5.74) is -0.526. The van der Waals surface area contributed by atoms with E-state index in [1.54, 1.807) is 0 Å². The summed E-state index contributed by atoms with van der Waals surface area (Å²) in [5.74, 6) is -1.29. The molecule has 0 saturated heterocycles. The van der Waals surface area contributed by atoms with Crippen molar-refractivity contribution in [1.29, 1.82) is 0 Å². The number of aliphatic carboxylic acids is 1. The largest absolute Gasteiger partial charge is 0.479 e. The zero-order chi connectivity index (χ0) is 13.2. The van der Waals surface area contributed by atoms with E-state index < -0.39 is 17.7 Å². The van der Waals surface area contributed by atoms with E-state index in [0.29, 0.717) is 12.8 Å². The van der Waals surface area contributed by atoms with Crippen LogP contribution < -0.4 is 0 Å². The molecular formula is C14H17FO3. The number of hydrogen-bond acceptors (Lipinski definition) is 2. The van der Waals surface area contributed by atoms with Crippen LogP contribution in [0.4, 0.5) is 4.39 Å². The van der Waals surface area contributed by atoms with Crippen LogP contribution in [0.1, 0.15) is 37.2 Å². The maximum Gasteiger partial charge on any atom is 0.341 e. The van der Waals surface area contributed by atoms with Crippen LogP contribution in [0.5, 0.6) is 0 Å². The molecule has 1 saturated carbocycles. The van der Waals surface area contributed by atoms with Crippen molar-refractivity contribution in [3.05, 3.63) is 35.9 Å². The fourth-order valence-corrected chi connectivity index (χ4v) is 2.66.